The van der Waals surface area contributed by atoms with Crippen LogP contribution in [0.25, 0.3) is 5.69 Å². The molecule has 0 amide bonds. The van der Waals surface area contributed by atoms with E-state index in [0.29, 0.717) is 0 Å². The van der Waals surface area contributed by atoms with Gasteiger partial charge in [-0.1, -0.05) is 12.1 Å². The number of hydrogen-bond donors (Lipinski definition) is 0. The third-order valence-corrected chi connectivity index (χ3v) is 4.05. The topological polar surface area (TPSA) is 115 Å². The second-order valence-corrected chi connectivity index (χ2v) is 7.07. The quantitative estimate of drug-likeness (QED) is 0.414. The fraction of sp³-hybridized carbons (Fsp3) is 0.150. The molecule has 0 aliphatic carbocycles. The second-order valence-electron chi connectivity index (χ2n) is 6.31. The van der Waals surface area contributed by atoms with Gasteiger partial charge in [-0.15, -0.1) is 10.2 Å². The molecule has 146 valence electrons. The maximum absolute atomic E-state index is 8.49. The third-order valence-electron chi connectivity index (χ3n) is 4.05. The molecule has 3 aromatic rings. The fourth-order valence-corrected chi connectivity index (χ4v) is 3.17. The number of nitrogens with zero attached hydrogens (tertiary/aromatic N) is 1. The average Bonchev–Trinajstić information content (AvgIpc) is 2.57. The number of hydrogen-bond acceptors (Lipinski definition) is 6. The van der Waals surface area contributed by atoms with Crippen molar-refractivity contribution in [3.05, 3.63) is 71.5 Å². The molecule has 0 atom stereocenters. The van der Waals surface area contributed by atoms with Gasteiger partial charge in [0, 0.05) is 32.0 Å². The van der Waals surface area contributed by atoms with E-state index < -0.39 is 10.2 Å². The number of halogens is 1. The van der Waals surface area contributed by atoms with Crippen LogP contribution in [0.15, 0.2) is 54.6 Å². The normalized spacial score (nSPS) is 12.0. The Hall–Kier alpha value is -2.68. The number of ether oxygens (including phenoxy) is 2. The molecule has 7 nitrogen and oxygen atoms in total. The van der Waals surface area contributed by atoms with Gasteiger partial charge < -0.3 is 9.47 Å². The third kappa shape index (κ3) is 4.78. The molecule has 0 saturated heterocycles. The first-order valence-corrected chi connectivity index (χ1v) is 9.56. The first kappa shape index (κ1) is 20.1. The number of para-hydroxylation sites is 2. The summed E-state index contributed by atoms with van der Waals surface area (Å²) in [4.78, 5) is 0. The maximum Gasteiger partial charge on any atom is 0.215 e. The molecule has 2 heterocycles. The Morgan fingerprint density at radius 3 is 1.68 bits per heavy atom. The largest absolute Gasteiger partial charge is 0.450 e. The highest BCUT2D eigenvalue weighted by Crippen LogP contribution is 2.45. The molecule has 0 bridgehead atoms. The first-order valence-electron chi connectivity index (χ1n) is 8.32. The Balaban J connectivity index is 0.000000403. The minimum atomic E-state index is -4.94. The molecule has 0 N–H and O–H groups in total. The van der Waals surface area contributed by atoms with Crippen LogP contribution in [0.4, 0.5) is 0 Å². The van der Waals surface area contributed by atoms with Gasteiger partial charge in [-0.2, -0.15) is 4.57 Å². The Morgan fingerprint density at radius 1 is 0.679 bits per heavy atom. The minimum Gasteiger partial charge on any atom is -0.450 e. The SMILES string of the molecule is Cc1cc(C)[n+](-c2ccc3c(c2)Oc2ccccc2O3)c(C)c1.[O-][Cl+3]([O-])([O-])[O-]. The van der Waals surface area contributed by atoms with Crippen molar-refractivity contribution in [1.29, 1.82) is 0 Å². The Bertz CT molecular complexity index is 987. The van der Waals surface area contributed by atoms with Gasteiger partial charge in [0.05, 0.1) is 6.07 Å². The molecular weight excluding hydrogens is 386 g/mol. The van der Waals surface area contributed by atoms with Crippen LogP contribution in [0.2, 0.25) is 0 Å². The molecule has 1 aliphatic heterocycles. The van der Waals surface area contributed by atoms with Gasteiger partial charge >= 0.3 is 0 Å². The molecule has 0 unspecified atom stereocenters. The van der Waals surface area contributed by atoms with Gasteiger partial charge in [0.15, 0.2) is 34.4 Å². The van der Waals surface area contributed by atoms with Crippen LogP contribution in [0, 0.1) is 31.0 Å². The monoisotopic (exact) mass is 403 g/mol. The zero-order valence-electron chi connectivity index (χ0n) is 15.5. The van der Waals surface area contributed by atoms with Gasteiger partial charge in [0.25, 0.3) is 0 Å². The highest BCUT2D eigenvalue weighted by atomic mass is 35.7. The van der Waals surface area contributed by atoms with Crippen LogP contribution in [-0.2, 0) is 0 Å². The zero-order valence-corrected chi connectivity index (χ0v) is 16.2. The number of rotatable bonds is 1. The van der Waals surface area contributed by atoms with Crippen LogP contribution in [0.3, 0.4) is 0 Å². The summed E-state index contributed by atoms with van der Waals surface area (Å²) in [7, 11) is -4.94. The van der Waals surface area contributed by atoms with E-state index in [2.05, 4.69) is 43.5 Å². The van der Waals surface area contributed by atoms with Gasteiger partial charge in [-0.3, -0.25) is 0 Å². The van der Waals surface area contributed by atoms with E-state index in [1.807, 2.05) is 36.4 Å². The Labute approximate surface area is 164 Å². The van der Waals surface area contributed by atoms with E-state index in [4.69, 9.17) is 28.1 Å². The second kappa shape index (κ2) is 7.75. The first-order chi connectivity index (χ1) is 13.1. The molecule has 1 aromatic heterocycles. The van der Waals surface area contributed by atoms with Crippen molar-refractivity contribution in [1.82, 2.24) is 0 Å². The number of pyridine rings is 1. The van der Waals surface area contributed by atoms with E-state index in [1.165, 1.54) is 17.0 Å². The lowest BCUT2D eigenvalue weighted by Crippen LogP contribution is -2.68. The molecule has 28 heavy (non-hydrogen) atoms. The van der Waals surface area contributed by atoms with Crippen molar-refractivity contribution in [2.45, 2.75) is 20.8 Å². The standard InChI is InChI=1S/C20H18NO2.ClHO4/c1-13-10-14(2)21(15(3)11-13)16-8-9-19-20(12-16)23-18-7-5-4-6-17(18)22-19;2-1(3,4)5/h4-12H,1-3H3;(H,2,3,4,5)/q+1;/p-1. The van der Waals surface area contributed by atoms with Crippen LogP contribution in [0.5, 0.6) is 23.0 Å². The molecule has 4 rings (SSSR count). The van der Waals surface area contributed by atoms with E-state index in [1.54, 1.807) is 0 Å². The lowest BCUT2D eigenvalue weighted by molar-refractivity contribution is -2.00. The van der Waals surface area contributed by atoms with Gasteiger partial charge in [0.1, 0.15) is 0 Å². The molecule has 0 fully saturated rings. The Morgan fingerprint density at radius 2 is 1.14 bits per heavy atom. The summed E-state index contributed by atoms with van der Waals surface area (Å²) in [6.45, 7) is 6.35. The molecule has 0 saturated carbocycles. The van der Waals surface area contributed by atoms with Gasteiger partial charge in [-0.05, 0) is 30.7 Å². The van der Waals surface area contributed by atoms with Crippen LogP contribution >= 0.6 is 0 Å². The summed E-state index contributed by atoms with van der Waals surface area (Å²) in [5.41, 5.74) is 4.73. The molecule has 8 heteroatoms. The summed E-state index contributed by atoms with van der Waals surface area (Å²) in [5, 5.41) is 0. The summed E-state index contributed by atoms with van der Waals surface area (Å²) < 4.78 is 48.1. The number of aryl methyl sites for hydroxylation is 3. The molecule has 0 spiro atoms. The summed E-state index contributed by atoms with van der Waals surface area (Å²) in [6, 6.07) is 18.1. The van der Waals surface area contributed by atoms with Crippen LogP contribution in [0.1, 0.15) is 17.0 Å². The average molecular weight is 404 g/mol. The van der Waals surface area contributed by atoms with Crippen molar-refractivity contribution < 1.29 is 42.9 Å². The molecule has 0 radical (unpaired) electrons. The lowest BCUT2D eigenvalue weighted by atomic mass is 10.1. The predicted octanol–water partition coefficient (Wildman–Crippen LogP) is 0.0306. The van der Waals surface area contributed by atoms with E-state index in [-0.39, 0.29) is 0 Å². The van der Waals surface area contributed by atoms with E-state index >= 15 is 0 Å². The van der Waals surface area contributed by atoms with Gasteiger partial charge in [0.2, 0.25) is 5.69 Å². The smallest absolute Gasteiger partial charge is 0.215 e. The number of aromatic nitrogens is 1. The van der Waals surface area contributed by atoms with Gasteiger partial charge in [-0.25, -0.2) is 18.6 Å². The van der Waals surface area contributed by atoms with E-state index in [0.717, 1.165) is 28.7 Å². The molecule has 1 aliphatic rings. The summed E-state index contributed by atoms with van der Waals surface area (Å²) in [6.07, 6.45) is 0. The predicted molar refractivity (Wildman–Crippen MR) is 88.8 cm³/mol. The highest BCUT2D eigenvalue weighted by molar-refractivity contribution is 5.56. The van der Waals surface area contributed by atoms with Crippen molar-refractivity contribution in [3.8, 4) is 28.7 Å². The highest BCUT2D eigenvalue weighted by Gasteiger charge is 2.22. The summed E-state index contributed by atoms with van der Waals surface area (Å²) >= 11 is 0. The van der Waals surface area contributed by atoms with Crippen molar-refractivity contribution in [2.24, 2.45) is 0 Å². The fourth-order valence-electron chi connectivity index (χ4n) is 3.17. The van der Waals surface area contributed by atoms with Crippen LogP contribution < -0.4 is 32.7 Å². The number of fused-ring (bicyclic) bond motifs is 2. The molecular formula is C20H18ClNO6. The molecule has 2 aromatic carbocycles. The summed E-state index contributed by atoms with van der Waals surface area (Å²) in [5.74, 6) is 2.99. The Kier molecular flexibility index (Phi) is 5.55. The minimum absolute atomic E-state index is 0.744. The lowest BCUT2D eigenvalue weighted by Gasteiger charge is -2.20. The number of benzene rings is 2. The van der Waals surface area contributed by atoms with Crippen molar-refractivity contribution >= 4 is 0 Å². The maximum atomic E-state index is 8.49. The van der Waals surface area contributed by atoms with Crippen molar-refractivity contribution in [3.63, 3.8) is 0 Å². The van der Waals surface area contributed by atoms with E-state index in [9.17, 15) is 0 Å². The van der Waals surface area contributed by atoms with Crippen LogP contribution in [-0.4, -0.2) is 0 Å². The van der Waals surface area contributed by atoms with Crippen molar-refractivity contribution in [2.75, 3.05) is 0 Å². The zero-order chi connectivity index (χ0) is 20.5.